The van der Waals surface area contributed by atoms with Crippen molar-refractivity contribution in [3.05, 3.63) is 57.6 Å². The van der Waals surface area contributed by atoms with Crippen LogP contribution in [0.1, 0.15) is 291 Å². The summed E-state index contributed by atoms with van der Waals surface area (Å²) in [5.41, 5.74) is -7.73. The van der Waals surface area contributed by atoms with E-state index in [0.29, 0.717) is 84.7 Å². The van der Waals surface area contributed by atoms with Crippen LogP contribution in [0.5, 0.6) is 11.5 Å². The van der Waals surface area contributed by atoms with E-state index in [1.54, 1.807) is 0 Å². The molecule has 0 aliphatic carbocycles. The highest BCUT2D eigenvalue weighted by molar-refractivity contribution is 7.91. The molecule has 0 bridgehead atoms. The van der Waals surface area contributed by atoms with E-state index in [4.69, 9.17) is 18.9 Å². The van der Waals surface area contributed by atoms with E-state index < -0.39 is 159 Å². The fourth-order valence-corrected chi connectivity index (χ4v) is 18.2. The van der Waals surface area contributed by atoms with Crippen LogP contribution in [0.3, 0.4) is 0 Å². The standard InChI is InChI=1S/C76H126N4O12S/c1-63(2,3)53-33-47(34-54(57(53)81)64(4,5)6)37-75(59(83)89-49-39-67(13,14)77-68(15,16)40-49,60(84)90-50-41-69(17,18)78-70(19,20)42-50)29-31-93(87,88)32-30-76(61(85)91-51-43-71(21,22)79-72(23,24)44-51,62(86)92-52-45-73(25,26)80-74(27,28)46-52)38-48-35-55(65(7,8)9)58(82)56(36-48)66(10,11)12/h33-36,49-52,77-82H,29-32,37-46H2,1-28H3. The molecular weight excluding hydrogens is 1190 g/mol. The number of rotatable bonds is 18. The molecule has 16 nitrogen and oxygen atoms in total. The first-order chi connectivity index (χ1) is 41.5. The number of hydrogen-bond acceptors (Lipinski definition) is 16. The molecule has 0 amide bonds. The van der Waals surface area contributed by atoms with E-state index in [1.165, 1.54) is 0 Å². The summed E-state index contributed by atoms with van der Waals surface area (Å²) in [5, 5.41) is 38.8. The quantitative estimate of drug-likeness (QED) is 0.0463. The van der Waals surface area contributed by atoms with Gasteiger partial charge in [0.2, 0.25) is 0 Å². The number of piperidine rings is 4. The number of phenolic OH excluding ortho intramolecular Hbond substituents is 2. The van der Waals surface area contributed by atoms with Crippen LogP contribution in [-0.4, -0.2) is 123 Å². The van der Waals surface area contributed by atoms with Gasteiger partial charge in [-0.3, -0.25) is 19.2 Å². The van der Waals surface area contributed by atoms with Crippen molar-refractivity contribution in [3.63, 3.8) is 0 Å². The summed E-state index contributed by atoms with van der Waals surface area (Å²) in [5.74, 6) is -5.04. The monoisotopic (exact) mass is 1320 g/mol. The lowest BCUT2D eigenvalue weighted by Crippen LogP contribution is -2.61. The molecule has 2 aromatic rings. The first-order valence-electron chi connectivity index (χ1n) is 34.5. The molecule has 4 aliphatic rings. The van der Waals surface area contributed by atoms with Crippen molar-refractivity contribution in [2.75, 3.05) is 11.5 Å². The van der Waals surface area contributed by atoms with Gasteiger partial charge in [-0.15, -0.1) is 0 Å². The van der Waals surface area contributed by atoms with Crippen molar-refractivity contribution in [1.82, 2.24) is 21.3 Å². The average molecular weight is 1320 g/mol. The molecule has 0 unspecified atom stereocenters. The van der Waals surface area contributed by atoms with Crippen molar-refractivity contribution < 1.29 is 56.8 Å². The minimum absolute atomic E-state index is 0.0904. The molecular formula is C76H126N4O12S. The molecule has 4 saturated heterocycles. The van der Waals surface area contributed by atoms with E-state index in [9.17, 15) is 10.2 Å². The van der Waals surface area contributed by atoms with Gasteiger partial charge in [-0.25, -0.2) is 8.42 Å². The van der Waals surface area contributed by atoms with Crippen molar-refractivity contribution in [2.24, 2.45) is 10.8 Å². The minimum Gasteiger partial charge on any atom is -0.507 e. The average Bonchev–Trinajstić information content (AvgIpc) is 0.765. The van der Waals surface area contributed by atoms with Gasteiger partial charge in [-0.05, 0) is 192 Å². The van der Waals surface area contributed by atoms with E-state index in [2.05, 4.69) is 21.3 Å². The van der Waals surface area contributed by atoms with Gasteiger partial charge < -0.3 is 50.4 Å². The first kappa shape index (κ1) is 77.7. The molecule has 6 N–H and O–H groups in total. The smallest absolute Gasteiger partial charge is 0.324 e. The lowest BCUT2D eigenvalue weighted by molar-refractivity contribution is -0.185. The molecule has 6 rings (SSSR count). The Morgan fingerprint density at radius 1 is 0.376 bits per heavy atom. The molecule has 93 heavy (non-hydrogen) atoms. The highest BCUT2D eigenvalue weighted by Crippen LogP contribution is 2.47. The van der Waals surface area contributed by atoms with Gasteiger partial charge in [0.05, 0.1) is 11.5 Å². The molecule has 17 heteroatoms. The number of aromatic hydroxyl groups is 2. The Bertz CT molecular complexity index is 2770. The Morgan fingerprint density at radius 2 is 0.548 bits per heavy atom. The van der Waals surface area contributed by atoms with Gasteiger partial charge in [0, 0.05) is 95.7 Å². The Morgan fingerprint density at radius 3 is 0.710 bits per heavy atom. The van der Waals surface area contributed by atoms with Crippen molar-refractivity contribution >= 4 is 33.7 Å². The zero-order valence-electron chi connectivity index (χ0n) is 62.9. The fourth-order valence-electron chi connectivity index (χ4n) is 16.7. The van der Waals surface area contributed by atoms with E-state index in [-0.39, 0.29) is 24.3 Å². The zero-order valence-corrected chi connectivity index (χ0v) is 63.7. The third-order valence-corrected chi connectivity index (χ3v) is 21.2. The van der Waals surface area contributed by atoms with Crippen molar-refractivity contribution in [3.8, 4) is 11.5 Å². The van der Waals surface area contributed by atoms with Crippen molar-refractivity contribution in [2.45, 2.75) is 361 Å². The third kappa shape index (κ3) is 20.0. The van der Waals surface area contributed by atoms with Crippen LogP contribution < -0.4 is 21.3 Å². The normalized spacial score (nSPS) is 22.2. The maximum Gasteiger partial charge on any atom is 0.324 e. The maximum atomic E-state index is 16.2. The SMILES string of the molecule is CC1(C)CC(OC(=O)C(CCS(=O)(=O)CCC(Cc2cc(C(C)(C)C)c(O)c(C(C)(C)C)c2)(C(=O)OC2CC(C)(C)NC(C)(C)C2)C(=O)OC2CC(C)(C)NC(C)(C)C2)(Cc2cc(C(C)(C)C)c(O)c(C(C)(C)C)c2)C(=O)OC2CC(C)(C)NC(C)(C)C2)CC(C)(C)N1. The van der Waals surface area contributed by atoms with Crippen LogP contribution in [0.4, 0.5) is 0 Å². The molecule has 0 atom stereocenters. The first-order valence-corrected chi connectivity index (χ1v) is 36.3. The maximum absolute atomic E-state index is 16.2. The Hall–Kier alpha value is -4.29. The van der Waals surface area contributed by atoms with Crippen LogP contribution in [0.15, 0.2) is 24.3 Å². The van der Waals surface area contributed by atoms with Gasteiger partial charge in [0.25, 0.3) is 0 Å². The number of hydrogen-bond donors (Lipinski definition) is 6. The lowest BCUT2D eigenvalue weighted by Gasteiger charge is -2.47. The number of benzene rings is 2. The minimum atomic E-state index is -4.54. The van der Waals surface area contributed by atoms with Gasteiger partial charge in [-0.2, -0.15) is 0 Å². The zero-order chi connectivity index (χ0) is 71.1. The molecule has 4 heterocycles. The topological polar surface area (TPSA) is 228 Å². The third-order valence-electron chi connectivity index (χ3n) is 19.5. The lowest BCUT2D eigenvalue weighted by atomic mass is 9.74. The molecule has 0 aromatic heterocycles. The number of ether oxygens (including phenoxy) is 4. The molecule has 0 radical (unpaired) electrons. The van der Waals surface area contributed by atoms with Crippen LogP contribution in [0, 0.1) is 10.8 Å². The second kappa shape index (κ2) is 25.9. The summed E-state index contributed by atoms with van der Waals surface area (Å²) in [6.07, 6.45) is -1.49. The van der Waals surface area contributed by atoms with Gasteiger partial charge in [-0.1, -0.05) is 107 Å². The molecule has 4 aliphatic heterocycles. The second-order valence-corrected chi connectivity index (χ2v) is 40.9. The predicted octanol–water partition coefficient (Wildman–Crippen LogP) is 13.7. The van der Waals surface area contributed by atoms with Gasteiger partial charge in [0.1, 0.15) is 45.8 Å². The van der Waals surface area contributed by atoms with E-state index in [1.807, 2.05) is 218 Å². The summed E-state index contributed by atoms with van der Waals surface area (Å²) in [6, 6.07) is 7.23. The number of nitrogens with one attached hydrogen (secondary N) is 4. The van der Waals surface area contributed by atoms with E-state index in [0.717, 1.165) is 0 Å². The highest BCUT2D eigenvalue weighted by Gasteiger charge is 2.57. The Kier molecular flexibility index (Phi) is 21.6. The van der Waals surface area contributed by atoms with E-state index >= 15 is 27.6 Å². The second-order valence-electron chi connectivity index (χ2n) is 38.6. The highest BCUT2D eigenvalue weighted by atomic mass is 32.2. The van der Waals surface area contributed by atoms with Gasteiger partial charge in [0.15, 0.2) is 10.8 Å². The van der Waals surface area contributed by atoms with Crippen LogP contribution in [-0.2, 0) is 82.5 Å². The predicted molar refractivity (Wildman–Crippen MR) is 373 cm³/mol. The number of sulfone groups is 1. The van der Waals surface area contributed by atoms with Crippen LogP contribution in [0.2, 0.25) is 0 Å². The molecule has 2 aromatic carbocycles. The summed E-state index contributed by atoms with van der Waals surface area (Å²) < 4.78 is 58.6. The summed E-state index contributed by atoms with van der Waals surface area (Å²) in [4.78, 5) is 64.7. The fraction of sp³-hybridized carbons (Fsp3) is 0.789. The number of carbonyl (C=O) groups is 4. The van der Waals surface area contributed by atoms with Gasteiger partial charge >= 0.3 is 23.9 Å². The Balaban J connectivity index is 1.60. The number of carbonyl (C=O) groups excluding carboxylic acids is 4. The van der Waals surface area contributed by atoms with Crippen LogP contribution in [0.25, 0.3) is 0 Å². The molecule has 0 saturated carbocycles. The number of esters is 4. The molecule has 528 valence electrons. The number of phenols is 2. The largest absolute Gasteiger partial charge is 0.507 e. The molecule has 0 spiro atoms. The van der Waals surface area contributed by atoms with Crippen LogP contribution >= 0.6 is 0 Å². The molecule has 4 fully saturated rings. The Labute approximate surface area is 561 Å². The summed E-state index contributed by atoms with van der Waals surface area (Å²) in [6.45, 7) is 56.2. The summed E-state index contributed by atoms with van der Waals surface area (Å²) >= 11 is 0. The van der Waals surface area contributed by atoms with Crippen molar-refractivity contribution in [1.29, 1.82) is 0 Å². The summed E-state index contributed by atoms with van der Waals surface area (Å²) in [7, 11) is -4.54.